The molecule has 3 aromatic rings. The SMILES string of the molecule is COc1cccnc1Cc1nc2c(cnn2C2CCOCC2)c(=O)[nH]1. The maximum absolute atomic E-state index is 12.4. The zero-order chi connectivity index (χ0) is 17.2. The summed E-state index contributed by atoms with van der Waals surface area (Å²) in [7, 11) is 1.60. The predicted octanol–water partition coefficient (Wildman–Crippen LogP) is 1.47. The van der Waals surface area contributed by atoms with Crippen molar-refractivity contribution >= 4 is 11.0 Å². The third-order valence-electron chi connectivity index (χ3n) is 4.45. The number of rotatable bonds is 4. The van der Waals surface area contributed by atoms with E-state index in [0.29, 0.717) is 42.2 Å². The highest BCUT2D eigenvalue weighted by atomic mass is 16.5. The van der Waals surface area contributed by atoms with Crippen LogP contribution in [0.5, 0.6) is 5.75 Å². The fourth-order valence-electron chi connectivity index (χ4n) is 3.16. The molecule has 0 unspecified atom stereocenters. The van der Waals surface area contributed by atoms with Gasteiger partial charge in [-0.3, -0.25) is 9.78 Å². The molecule has 0 aliphatic carbocycles. The summed E-state index contributed by atoms with van der Waals surface area (Å²) < 4.78 is 12.6. The van der Waals surface area contributed by atoms with Gasteiger partial charge in [0.2, 0.25) is 0 Å². The quantitative estimate of drug-likeness (QED) is 0.772. The summed E-state index contributed by atoms with van der Waals surface area (Å²) in [5, 5.41) is 4.90. The lowest BCUT2D eigenvalue weighted by atomic mass is 10.1. The smallest absolute Gasteiger partial charge is 0.262 e. The van der Waals surface area contributed by atoms with Gasteiger partial charge in [0.25, 0.3) is 5.56 Å². The van der Waals surface area contributed by atoms with Crippen molar-refractivity contribution in [3.05, 3.63) is 46.4 Å². The van der Waals surface area contributed by atoms with E-state index < -0.39 is 0 Å². The molecule has 3 aromatic heterocycles. The van der Waals surface area contributed by atoms with Gasteiger partial charge in [-0.05, 0) is 25.0 Å². The highest BCUT2D eigenvalue weighted by Gasteiger charge is 2.21. The molecule has 25 heavy (non-hydrogen) atoms. The van der Waals surface area contributed by atoms with Gasteiger partial charge in [-0.15, -0.1) is 0 Å². The van der Waals surface area contributed by atoms with E-state index in [9.17, 15) is 4.79 Å². The van der Waals surface area contributed by atoms with Crippen molar-refractivity contribution in [3.63, 3.8) is 0 Å². The van der Waals surface area contributed by atoms with Crippen molar-refractivity contribution in [2.45, 2.75) is 25.3 Å². The Kier molecular flexibility index (Phi) is 4.19. The number of ether oxygens (including phenoxy) is 2. The summed E-state index contributed by atoms with van der Waals surface area (Å²) in [6, 6.07) is 3.85. The third-order valence-corrected chi connectivity index (χ3v) is 4.45. The number of aromatic amines is 1. The van der Waals surface area contributed by atoms with Crippen LogP contribution in [0.3, 0.4) is 0 Å². The van der Waals surface area contributed by atoms with Gasteiger partial charge in [0, 0.05) is 19.4 Å². The van der Waals surface area contributed by atoms with E-state index in [0.717, 1.165) is 18.5 Å². The normalized spacial score (nSPS) is 15.6. The zero-order valence-corrected chi connectivity index (χ0v) is 13.9. The Morgan fingerprint density at radius 3 is 3.04 bits per heavy atom. The minimum absolute atomic E-state index is 0.187. The van der Waals surface area contributed by atoms with Gasteiger partial charge in [0.05, 0.1) is 31.5 Å². The summed E-state index contributed by atoms with van der Waals surface area (Å²) in [6.45, 7) is 1.40. The molecule has 0 aromatic carbocycles. The minimum Gasteiger partial charge on any atom is -0.495 e. The summed E-state index contributed by atoms with van der Waals surface area (Å²) in [5.74, 6) is 1.21. The Morgan fingerprint density at radius 2 is 2.24 bits per heavy atom. The Balaban J connectivity index is 1.74. The van der Waals surface area contributed by atoms with E-state index in [1.165, 1.54) is 0 Å². The van der Waals surface area contributed by atoms with Crippen molar-refractivity contribution in [3.8, 4) is 5.75 Å². The first-order valence-corrected chi connectivity index (χ1v) is 8.28. The van der Waals surface area contributed by atoms with Gasteiger partial charge in [0.1, 0.15) is 17.0 Å². The molecule has 1 aliphatic heterocycles. The molecular weight excluding hydrogens is 322 g/mol. The molecule has 0 saturated carbocycles. The lowest BCUT2D eigenvalue weighted by Crippen LogP contribution is -2.21. The molecule has 4 rings (SSSR count). The lowest BCUT2D eigenvalue weighted by Gasteiger charge is -2.22. The van der Waals surface area contributed by atoms with Crippen LogP contribution in [0.15, 0.2) is 29.3 Å². The molecule has 8 nitrogen and oxygen atoms in total. The second-order valence-corrected chi connectivity index (χ2v) is 6.01. The molecule has 1 saturated heterocycles. The molecule has 0 amide bonds. The second-order valence-electron chi connectivity index (χ2n) is 6.01. The largest absolute Gasteiger partial charge is 0.495 e. The molecular formula is C17H19N5O3. The molecule has 1 aliphatic rings. The van der Waals surface area contributed by atoms with Gasteiger partial charge in [0.15, 0.2) is 5.65 Å². The van der Waals surface area contributed by atoms with E-state index in [2.05, 4.69) is 20.1 Å². The minimum atomic E-state index is -0.187. The van der Waals surface area contributed by atoms with Crippen LogP contribution in [0.1, 0.15) is 30.4 Å². The summed E-state index contributed by atoms with van der Waals surface area (Å²) in [6.07, 6.45) is 5.40. The van der Waals surface area contributed by atoms with Crippen molar-refractivity contribution in [1.29, 1.82) is 0 Å². The van der Waals surface area contributed by atoms with Gasteiger partial charge in [-0.1, -0.05) is 0 Å². The van der Waals surface area contributed by atoms with E-state index >= 15 is 0 Å². The van der Waals surface area contributed by atoms with Crippen LogP contribution < -0.4 is 10.3 Å². The molecule has 0 spiro atoms. The maximum Gasteiger partial charge on any atom is 0.262 e. The number of hydrogen-bond acceptors (Lipinski definition) is 6. The van der Waals surface area contributed by atoms with Crippen molar-refractivity contribution in [2.75, 3.05) is 20.3 Å². The molecule has 1 N–H and O–H groups in total. The number of aromatic nitrogens is 5. The molecule has 0 radical (unpaired) electrons. The molecule has 8 heteroatoms. The Bertz CT molecular complexity index is 943. The first-order valence-electron chi connectivity index (χ1n) is 8.28. The Morgan fingerprint density at radius 1 is 1.40 bits per heavy atom. The van der Waals surface area contributed by atoms with Crippen molar-refractivity contribution in [1.82, 2.24) is 24.7 Å². The highest BCUT2D eigenvalue weighted by Crippen LogP contribution is 2.23. The number of fused-ring (bicyclic) bond motifs is 1. The average Bonchev–Trinajstić information content (AvgIpc) is 3.07. The first-order chi connectivity index (χ1) is 12.3. The van der Waals surface area contributed by atoms with Gasteiger partial charge in [-0.25, -0.2) is 9.67 Å². The average molecular weight is 341 g/mol. The van der Waals surface area contributed by atoms with E-state index in [1.54, 1.807) is 19.5 Å². The van der Waals surface area contributed by atoms with E-state index in [-0.39, 0.29) is 11.6 Å². The summed E-state index contributed by atoms with van der Waals surface area (Å²) in [4.78, 5) is 24.2. The van der Waals surface area contributed by atoms with Crippen LogP contribution in [0, 0.1) is 0 Å². The second kappa shape index (κ2) is 6.64. The van der Waals surface area contributed by atoms with Crippen LogP contribution in [-0.4, -0.2) is 45.1 Å². The molecule has 0 bridgehead atoms. The van der Waals surface area contributed by atoms with E-state index in [4.69, 9.17) is 9.47 Å². The Labute approximate surface area is 143 Å². The fraction of sp³-hybridized carbons (Fsp3) is 0.412. The van der Waals surface area contributed by atoms with Crippen molar-refractivity contribution < 1.29 is 9.47 Å². The standard InChI is InChI=1S/C17H19N5O3/c1-24-14-3-2-6-18-13(14)9-15-20-16-12(17(23)21-15)10-19-22(16)11-4-7-25-8-5-11/h2-3,6,10-11H,4-5,7-9H2,1H3,(H,20,21,23). The Hall–Kier alpha value is -2.74. The molecule has 1 fully saturated rings. The van der Waals surface area contributed by atoms with Gasteiger partial charge >= 0.3 is 0 Å². The topological polar surface area (TPSA) is 94.9 Å². The maximum atomic E-state index is 12.4. The summed E-state index contributed by atoms with van der Waals surface area (Å²) in [5.41, 5.74) is 1.15. The number of pyridine rings is 1. The van der Waals surface area contributed by atoms with Crippen LogP contribution in [0.4, 0.5) is 0 Å². The van der Waals surface area contributed by atoms with Gasteiger partial charge < -0.3 is 14.5 Å². The van der Waals surface area contributed by atoms with Crippen molar-refractivity contribution in [2.24, 2.45) is 0 Å². The van der Waals surface area contributed by atoms with Crippen LogP contribution in [0.2, 0.25) is 0 Å². The van der Waals surface area contributed by atoms with Gasteiger partial charge in [-0.2, -0.15) is 5.10 Å². The molecule has 130 valence electrons. The van der Waals surface area contributed by atoms with Crippen LogP contribution in [-0.2, 0) is 11.2 Å². The summed E-state index contributed by atoms with van der Waals surface area (Å²) >= 11 is 0. The lowest BCUT2D eigenvalue weighted by molar-refractivity contribution is 0.0673. The first kappa shape index (κ1) is 15.8. The monoisotopic (exact) mass is 341 g/mol. The third kappa shape index (κ3) is 3.00. The number of H-pyrrole nitrogens is 1. The van der Waals surface area contributed by atoms with Crippen LogP contribution in [0.25, 0.3) is 11.0 Å². The number of nitrogens with zero attached hydrogens (tertiary/aromatic N) is 4. The fourth-order valence-corrected chi connectivity index (χ4v) is 3.16. The number of hydrogen-bond donors (Lipinski definition) is 1. The zero-order valence-electron chi connectivity index (χ0n) is 13.9. The van der Waals surface area contributed by atoms with Crippen LogP contribution >= 0.6 is 0 Å². The highest BCUT2D eigenvalue weighted by molar-refractivity contribution is 5.73. The van der Waals surface area contributed by atoms with E-state index in [1.807, 2.05) is 16.8 Å². The molecule has 0 atom stereocenters. The predicted molar refractivity (Wildman–Crippen MR) is 90.8 cm³/mol. The molecule has 4 heterocycles. The number of methoxy groups -OCH3 is 1. The number of nitrogens with one attached hydrogen (secondary N) is 1.